The molecule has 0 amide bonds. The quantitative estimate of drug-likeness (QED) is 0.129. The van der Waals surface area contributed by atoms with Crippen LogP contribution in [0.4, 0.5) is 0 Å². The van der Waals surface area contributed by atoms with Crippen molar-refractivity contribution in [3.05, 3.63) is 200 Å². The summed E-state index contributed by atoms with van der Waals surface area (Å²) in [6, 6.07) is 70.9. The number of pyridine rings is 1. The summed E-state index contributed by atoms with van der Waals surface area (Å²) in [6.07, 6.45) is 2.01. The molecule has 0 radical (unpaired) electrons. The predicted molar refractivity (Wildman–Crippen MR) is 217 cm³/mol. The van der Waals surface area contributed by atoms with Crippen LogP contribution in [-0.4, -0.2) is 22.2 Å². The third-order valence-electron chi connectivity index (χ3n) is 10.5. The molecule has 0 aliphatic heterocycles. The van der Waals surface area contributed by atoms with E-state index < -0.39 is 8.07 Å². The van der Waals surface area contributed by atoms with Gasteiger partial charge in [0, 0.05) is 33.4 Å². The Morgan fingerprint density at radius 2 is 0.765 bits per heavy atom. The molecule has 7 aromatic carbocycles. The van der Waals surface area contributed by atoms with Gasteiger partial charge >= 0.3 is 0 Å². The van der Waals surface area contributed by atoms with Crippen LogP contribution in [-0.2, 0) is 0 Å². The number of hydrogen-bond donors (Lipinski definition) is 0. The summed E-state index contributed by atoms with van der Waals surface area (Å²) >= 11 is 0. The zero-order chi connectivity index (χ0) is 33.8. The molecule has 0 aliphatic rings. The number of benzene rings is 7. The molecule has 3 aromatic heterocycles. The topological polar surface area (TPSA) is 22.8 Å². The van der Waals surface area contributed by atoms with Gasteiger partial charge in [-0.25, -0.2) is 4.98 Å². The van der Waals surface area contributed by atoms with Crippen LogP contribution in [0.25, 0.3) is 55.1 Å². The van der Waals surface area contributed by atoms with Gasteiger partial charge in [-0.15, -0.1) is 0 Å². The van der Waals surface area contributed by atoms with Gasteiger partial charge in [0.05, 0.1) is 22.1 Å². The monoisotopic (exact) mass is 667 g/mol. The van der Waals surface area contributed by atoms with Gasteiger partial charge < -0.3 is 4.57 Å². The molecule has 10 aromatic rings. The van der Waals surface area contributed by atoms with E-state index in [1.165, 1.54) is 53.3 Å². The SMILES string of the molecule is c1ccc([Si](c2ccccc2)(c2ccccc2)c2ccnc(-n3c4ccccc4c4cc(-n5c6ccccc6c6ccccc65)ccc43)c2)cc1. The van der Waals surface area contributed by atoms with Crippen LogP contribution in [0.15, 0.2) is 200 Å². The van der Waals surface area contributed by atoms with Gasteiger partial charge in [-0.1, -0.05) is 146 Å². The van der Waals surface area contributed by atoms with Crippen molar-refractivity contribution in [1.82, 2.24) is 14.1 Å². The molecule has 10 rings (SSSR count). The highest BCUT2D eigenvalue weighted by molar-refractivity contribution is 7.19. The van der Waals surface area contributed by atoms with E-state index in [4.69, 9.17) is 4.98 Å². The molecule has 0 bridgehead atoms. The summed E-state index contributed by atoms with van der Waals surface area (Å²) < 4.78 is 4.75. The van der Waals surface area contributed by atoms with E-state index in [2.05, 4.69) is 203 Å². The molecular weight excluding hydrogens is 635 g/mol. The Hall–Kier alpha value is -6.49. The van der Waals surface area contributed by atoms with Gasteiger partial charge in [-0.3, -0.25) is 4.57 Å². The first-order valence-electron chi connectivity index (χ1n) is 17.5. The first-order chi connectivity index (χ1) is 25.3. The van der Waals surface area contributed by atoms with Gasteiger partial charge in [-0.2, -0.15) is 0 Å². The maximum atomic E-state index is 5.11. The Balaban J connectivity index is 1.23. The molecule has 0 unspecified atom stereocenters. The Labute approximate surface area is 297 Å². The Bertz CT molecular complexity index is 2700. The van der Waals surface area contributed by atoms with Gasteiger partial charge in [0.15, 0.2) is 8.07 Å². The highest BCUT2D eigenvalue weighted by atomic mass is 28.3. The van der Waals surface area contributed by atoms with Crippen LogP contribution in [0.3, 0.4) is 0 Å². The summed E-state index contributed by atoms with van der Waals surface area (Å²) in [5, 5.41) is 10.3. The lowest BCUT2D eigenvalue weighted by Crippen LogP contribution is -2.74. The summed E-state index contributed by atoms with van der Waals surface area (Å²) in [6.45, 7) is 0. The maximum Gasteiger partial charge on any atom is 0.179 e. The normalized spacial score (nSPS) is 11.9. The smallest absolute Gasteiger partial charge is 0.179 e. The first-order valence-corrected chi connectivity index (χ1v) is 19.5. The lowest BCUT2D eigenvalue weighted by atomic mass is 10.1. The number of para-hydroxylation sites is 3. The molecule has 3 heterocycles. The minimum absolute atomic E-state index is 0.919. The minimum atomic E-state index is -2.73. The number of rotatable bonds is 6. The van der Waals surface area contributed by atoms with Crippen LogP contribution in [0.5, 0.6) is 0 Å². The summed E-state index contributed by atoms with van der Waals surface area (Å²) in [4.78, 5) is 5.11. The molecule has 3 nitrogen and oxygen atoms in total. The molecule has 0 saturated heterocycles. The fourth-order valence-corrected chi connectivity index (χ4v) is 13.1. The van der Waals surface area contributed by atoms with Crippen molar-refractivity contribution < 1.29 is 0 Å². The second-order valence-electron chi connectivity index (χ2n) is 13.2. The predicted octanol–water partition coefficient (Wildman–Crippen LogP) is 8.65. The summed E-state index contributed by atoms with van der Waals surface area (Å²) in [7, 11) is -2.73. The lowest BCUT2D eigenvalue weighted by molar-refractivity contribution is 1.08. The van der Waals surface area contributed by atoms with Crippen molar-refractivity contribution in [2.24, 2.45) is 0 Å². The molecule has 0 spiro atoms. The van der Waals surface area contributed by atoms with Crippen LogP contribution in [0.1, 0.15) is 0 Å². The molecular formula is C47H33N3Si. The largest absolute Gasteiger partial charge is 0.309 e. The third kappa shape index (κ3) is 4.47. The molecule has 0 atom stereocenters. The first kappa shape index (κ1) is 29.4. The average molecular weight is 668 g/mol. The highest BCUT2D eigenvalue weighted by Crippen LogP contribution is 2.36. The van der Waals surface area contributed by atoms with E-state index in [0.717, 1.165) is 22.5 Å². The molecule has 51 heavy (non-hydrogen) atoms. The van der Waals surface area contributed by atoms with Crippen LogP contribution < -0.4 is 20.7 Å². The van der Waals surface area contributed by atoms with E-state index in [-0.39, 0.29) is 0 Å². The van der Waals surface area contributed by atoms with E-state index in [0.29, 0.717) is 0 Å². The van der Waals surface area contributed by atoms with E-state index >= 15 is 0 Å². The fourth-order valence-electron chi connectivity index (χ4n) is 8.39. The number of hydrogen-bond acceptors (Lipinski definition) is 1. The highest BCUT2D eigenvalue weighted by Gasteiger charge is 2.41. The third-order valence-corrected chi connectivity index (χ3v) is 15.3. The number of nitrogens with zero attached hydrogens (tertiary/aromatic N) is 3. The molecule has 0 fully saturated rings. The molecule has 0 aliphatic carbocycles. The van der Waals surface area contributed by atoms with Crippen molar-refractivity contribution in [1.29, 1.82) is 0 Å². The Morgan fingerprint density at radius 1 is 0.333 bits per heavy atom. The second-order valence-corrected chi connectivity index (χ2v) is 17.0. The fraction of sp³-hybridized carbons (Fsp3) is 0. The van der Waals surface area contributed by atoms with Gasteiger partial charge in [0.25, 0.3) is 0 Å². The molecule has 240 valence electrons. The Kier molecular flexibility index (Phi) is 6.83. The van der Waals surface area contributed by atoms with Crippen molar-refractivity contribution in [2.45, 2.75) is 0 Å². The second kappa shape index (κ2) is 11.8. The van der Waals surface area contributed by atoms with Crippen molar-refractivity contribution in [3.63, 3.8) is 0 Å². The number of aromatic nitrogens is 3. The number of fused-ring (bicyclic) bond motifs is 6. The lowest BCUT2D eigenvalue weighted by Gasteiger charge is -2.34. The van der Waals surface area contributed by atoms with Crippen molar-refractivity contribution >= 4 is 72.4 Å². The molecule has 0 saturated carbocycles. The van der Waals surface area contributed by atoms with Crippen molar-refractivity contribution in [3.8, 4) is 11.5 Å². The van der Waals surface area contributed by atoms with Crippen LogP contribution >= 0.6 is 0 Å². The van der Waals surface area contributed by atoms with Crippen LogP contribution in [0, 0.1) is 0 Å². The minimum Gasteiger partial charge on any atom is -0.309 e. The summed E-state index contributed by atoms with van der Waals surface area (Å²) in [5.74, 6) is 0.919. The van der Waals surface area contributed by atoms with Crippen LogP contribution in [0.2, 0.25) is 0 Å². The Morgan fingerprint density at radius 3 is 1.29 bits per heavy atom. The summed E-state index contributed by atoms with van der Waals surface area (Å²) in [5.41, 5.74) is 5.84. The van der Waals surface area contributed by atoms with E-state index in [1.54, 1.807) is 0 Å². The zero-order valence-electron chi connectivity index (χ0n) is 27.9. The standard InChI is InChI=1S/C47H33N3Si/c1-4-16-35(17-5-1)51(36-18-6-2-7-19-36,37-20-8-3-9-21-37)38-30-31-48-47(33-38)50-45-27-15-12-24-41(45)42-32-34(28-29-46(42)50)49-43-25-13-10-22-39(43)40-23-11-14-26-44(40)49/h1-33H. The van der Waals surface area contributed by atoms with Crippen molar-refractivity contribution in [2.75, 3.05) is 0 Å². The maximum absolute atomic E-state index is 5.11. The van der Waals surface area contributed by atoms with Gasteiger partial charge in [0.2, 0.25) is 0 Å². The van der Waals surface area contributed by atoms with E-state index in [9.17, 15) is 0 Å². The zero-order valence-corrected chi connectivity index (χ0v) is 28.9. The van der Waals surface area contributed by atoms with E-state index in [1.807, 2.05) is 6.20 Å². The van der Waals surface area contributed by atoms with Gasteiger partial charge in [-0.05, 0) is 69.3 Å². The van der Waals surface area contributed by atoms with Gasteiger partial charge in [0.1, 0.15) is 5.82 Å². The molecule has 0 N–H and O–H groups in total. The molecule has 4 heteroatoms. The average Bonchev–Trinajstić information content (AvgIpc) is 3.72.